The van der Waals surface area contributed by atoms with E-state index in [0.717, 1.165) is 17.0 Å². The molecular weight excluding hydrogens is 260 g/mol. The molecule has 0 saturated heterocycles. The van der Waals surface area contributed by atoms with Gasteiger partial charge in [0.25, 0.3) is 0 Å². The molecule has 1 unspecified atom stereocenters. The van der Waals surface area contributed by atoms with E-state index in [0.29, 0.717) is 0 Å². The van der Waals surface area contributed by atoms with Gasteiger partial charge in [-0.3, -0.25) is 10.5 Å². The van der Waals surface area contributed by atoms with Crippen LogP contribution >= 0.6 is 11.8 Å². The lowest BCUT2D eigenvalue weighted by molar-refractivity contribution is 0.400. The summed E-state index contributed by atoms with van der Waals surface area (Å²) < 4.78 is 7.14. The van der Waals surface area contributed by atoms with E-state index >= 15 is 0 Å². The van der Waals surface area contributed by atoms with Crippen LogP contribution in [0.1, 0.15) is 17.3 Å². The Bertz CT molecular complexity index is 555. The standard InChI is InChI=1S/C13H18N4OS/c1-17-13(10(18-2)8-15-17)12(16-14)9-6-4-5-7-11(9)19-3/h4-8,12,16H,14H2,1-3H3. The number of aromatic nitrogens is 2. The molecule has 0 aliphatic carbocycles. The van der Waals surface area contributed by atoms with Crippen molar-refractivity contribution in [1.29, 1.82) is 0 Å². The molecule has 19 heavy (non-hydrogen) atoms. The third kappa shape index (κ3) is 2.60. The molecule has 2 aromatic rings. The van der Waals surface area contributed by atoms with Gasteiger partial charge in [0.2, 0.25) is 0 Å². The normalized spacial score (nSPS) is 12.4. The van der Waals surface area contributed by atoms with Crippen molar-refractivity contribution in [2.75, 3.05) is 13.4 Å². The van der Waals surface area contributed by atoms with E-state index in [1.807, 2.05) is 25.4 Å². The predicted molar refractivity (Wildman–Crippen MR) is 77.1 cm³/mol. The van der Waals surface area contributed by atoms with Crippen LogP contribution in [0.3, 0.4) is 0 Å². The van der Waals surface area contributed by atoms with Gasteiger partial charge in [-0.15, -0.1) is 11.8 Å². The molecule has 1 heterocycles. The number of nitrogens with two attached hydrogens (primary N) is 1. The average Bonchev–Trinajstić information content (AvgIpc) is 2.82. The van der Waals surface area contributed by atoms with Gasteiger partial charge in [-0.1, -0.05) is 18.2 Å². The zero-order valence-corrected chi connectivity index (χ0v) is 12.1. The first-order valence-electron chi connectivity index (χ1n) is 5.87. The van der Waals surface area contributed by atoms with E-state index in [2.05, 4.69) is 22.7 Å². The Balaban J connectivity index is 2.53. The largest absolute Gasteiger partial charge is 0.493 e. The molecule has 0 aliphatic rings. The molecule has 0 fully saturated rings. The topological polar surface area (TPSA) is 65.1 Å². The van der Waals surface area contributed by atoms with E-state index in [1.165, 1.54) is 4.90 Å². The van der Waals surface area contributed by atoms with Crippen molar-refractivity contribution in [3.63, 3.8) is 0 Å². The van der Waals surface area contributed by atoms with E-state index < -0.39 is 0 Å². The number of ether oxygens (including phenoxy) is 1. The first-order chi connectivity index (χ1) is 9.22. The summed E-state index contributed by atoms with van der Waals surface area (Å²) in [5.41, 5.74) is 4.88. The molecule has 0 radical (unpaired) electrons. The molecule has 2 rings (SSSR count). The van der Waals surface area contributed by atoms with Gasteiger partial charge in [-0.2, -0.15) is 5.10 Å². The zero-order chi connectivity index (χ0) is 13.8. The molecule has 102 valence electrons. The number of nitrogens with zero attached hydrogens (tertiary/aromatic N) is 2. The van der Waals surface area contributed by atoms with Crippen LogP contribution in [-0.2, 0) is 7.05 Å². The first-order valence-corrected chi connectivity index (χ1v) is 7.10. The van der Waals surface area contributed by atoms with Crippen molar-refractivity contribution < 1.29 is 4.74 Å². The SMILES string of the molecule is COc1cnn(C)c1C(NN)c1ccccc1SC. The van der Waals surface area contributed by atoms with Crippen LogP contribution in [0.15, 0.2) is 35.4 Å². The van der Waals surface area contributed by atoms with Crippen LogP contribution in [0.5, 0.6) is 5.75 Å². The lowest BCUT2D eigenvalue weighted by atomic mass is 10.0. The molecule has 3 N–H and O–H groups in total. The second-order valence-corrected chi connectivity index (χ2v) is 4.91. The highest BCUT2D eigenvalue weighted by Gasteiger charge is 2.23. The van der Waals surface area contributed by atoms with Crippen molar-refractivity contribution in [1.82, 2.24) is 15.2 Å². The van der Waals surface area contributed by atoms with Gasteiger partial charge in [-0.25, -0.2) is 5.43 Å². The fraction of sp³-hybridized carbons (Fsp3) is 0.308. The van der Waals surface area contributed by atoms with E-state index in [1.54, 1.807) is 29.8 Å². The quantitative estimate of drug-likeness (QED) is 0.495. The number of nitrogens with one attached hydrogen (secondary N) is 1. The number of thioether (sulfide) groups is 1. The molecule has 0 aliphatic heterocycles. The van der Waals surface area contributed by atoms with Crippen LogP contribution < -0.4 is 16.0 Å². The van der Waals surface area contributed by atoms with Crippen molar-refractivity contribution >= 4 is 11.8 Å². The third-order valence-corrected chi connectivity index (χ3v) is 3.87. The summed E-state index contributed by atoms with van der Waals surface area (Å²) in [6.45, 7) is 0. The highest BCUT2D eigenvalue weighted by Crippen LogP contribution is 2.33. The second kappa shape index (κ2) is 6.10. The van der Waals surface area contributed by atoms with Gasteiger partial charge in [-0.05, 0) is 17.9 Å². The van der Waals surface area contributed by atoms with E-state index in [4.69, 9.17) is 10.6 Å². The van der Waals surface area contributed by atoms with Gasteiger partial charge in [0, 0.05) is 11.9 Å². The minimum atomic E-state index is -0.161. The van der Waals surface area contributed by atoms with Crippen LogP contribution in [0.2, 0.25) is 0 Å². The van der Waals surface area contributed by atoms with Crippen LogP contribution in [-0.4, -0.2) is 23.1 Å². The number of methoxy groups -OCH3 is 1. The maximum Gasteiger partial charge on any atom is 0.161 e. The van der Waals surface area contributed by atoms with Gasteiger partial charge in [0.15, 0.2) is 5.75 Å². The highest BCUT2D eigenvalue weighted by molar-refractivity contribution is 7.98. The van der Waals surface area contributed by atoms with Crippen molar-refractivity contribution in [2.24, 2.45) is 12.9 Å². The number of benzene rings is 1. The summed E-state index contributed by atoms with van der Waals surface area (Å²) in [6.07, 6.45) is 3.74. The van der Waals surface area contributed by atoms with Crippen molar-refractivity contribution in [3.8, 4) is 5.75 Å². The van der Waals surface area contributed by atoms with E-state index in [-0.39, 0.29) is 6.04 Å². The Morgan fingerprint density at radius 1 is 1.42 bits per heavy atom. The summed E-state index contributed by atoms with van der Waals surface area (Å²) in [6, 6.07) is 7.99. The molecule has 0 bridgehead atoms. The van der Waals surface area contributed by atoms with Gasteiger partial charge >= 0.3 is 0 Å². The maximum atomic E-state index is 5.76. The van der Waals surface area contributed by atoms with E-state index in [9.17, 15) is 0 Å². The third-order valence-electron chi connectivity index (χ3n) is 3.06. The monoisotopic (exact) mass is 278 g/mol. The summed E-state index contributed by atoms with van der Waals surface area (Å²) in [7, 11) is 3.51. The summed E-state index contributed by atoms with van der Waals surface area (Å²) in [4.78, 5) is 1.17. The minimum absolute atomic E-state index is 0.161. The molecule has 1 aromatic heterocycles. The number of hydrogen-bond acceptors (Lipinski definition) is 5. The van der Waals surface area contributed by atoms with Gasteiger partial charge in [0.1, 0.15) is 5.69 Å². The molecule has 0 amide bonds. The van der Waals surface area contributed by atoms with Crippen molar-refractivity contribution in [2.45, 2.75) is 10.9 Å². The first kappa shape index (κ1) is 13.9. The lowest BCUT2D eigenvalue weighted by Crippen LogP contribution is -2.31. The van der Waals surface area contributed by atoms with Crippen molar-refractivity contribution in [3.05, 3.63) is 41.7 Å². The van der Waals surface area contributed by atoms with Crippen LogP contribution in [0, 0.1) is 0 Å². The smallest absolute Gasteiger partial charge is 0.161 e. The predicted octanol–water partition coefficient (Wildman–Crippen LogP) is 1.70. The summed E-state index contributed by atoms with van der Waals surface area (Å²) in [5, 5.41) is 4.23. The molecular formula is C13H18N4OS. The number of hydrogen-bond donors (Lipinski definition) is 2. The number of rotatable bonds is 5. The Morgan fingerprint density at radius 3 is 2.79 bits per heavy atom. The van der Waals surface area contributed by atoms with Gasteiger partial charge in [0.05, 0.1) is 19.3 Å². The fourth-order valence-electron chi connectivity index (χ4n) is 2.13. The molecule has 6 heteroatoms. The fourth-order valence-corrected chi connectivity index (χ4v) is 2.77. The Labute approximate surface area is 117 Å². The molecule has 1 atom stereocenters. The Kier molecular flexibility index (Phi) is 4.47. The Morgan fingerprint density at radius 2 is 2.16 bits per heavy atom. The van der Waals surface area contributed by atoms with Crippen LogP contribution in [0.4, 0.5) is 0 Å². The second-order valence-electron chi connectivity index (χ2n) is 4.06. The molecule has 0 spiro atoms. The zero-order valence-electron chi connectivity index (χ0n) is 11.3. The van der Waals surface area contributed by atoms with Crippen LogP contribution in [0.25, 0.3) is 0 Å². The molecule has 0 saturated carbocycles. The minimum Gasteiger partial charge on any atom is -0.493 e. The van der Waals surface area contributed by atoms with Gasteiger partial charge < -0.3 is 4.74 Å². The lowest BCUT2D eigenvalue weighted by Gasteiger charge is -2.20. The average molecular weight is 278 g/mol. The Hall–Kier alpha value is -1.50. The molecule has 5 nitrogen and oxygen atoms in total. The number of hydrazine groups is 1. The summed E-state index contributed by atoms with van der Waals surface area (Å²) >= 11 is 1.69. The molecule has 1 aromatic carbocycles. The number of aryl methyl sites for hydroxylation is 1. The highest BCUT2D eigenvalue weighted by atomic mass is 32.2. The summed E-state index contributed by atoms with van der Waals surface area (Å²) in [5.74, 6) is 6.48. The maximum absolute atomic E-state index is 5.76.